The molecule has 206 valence electrons. The summed E-state index contributed by atoms with van der Waals surface area (Å²) in [6.45, 7) is 5.90. The number of hydrogen-bond acceptors (Lipinski definition) is 7. The van der Waals surface area contributed by atoms with Gasteiger partial charge in [0, 0.05) is 56.6 Å². The topological polar surface area (TPSA) is 94.3 Å². The Morgan fingerprint density at radius 1 is 1.11 bits per heavy atom. The van der Waals surface area contributed by atoms with Crippen molar-refractivity contribution in [3.63, 3.8) is 0 Å². The number of aryl methyl sites for hydroxylation is 2. The number of aromatic nitrogens is 2. The van der Waals surface area contributed by atoms with Gasteiger partial charge in [0.05, 0.1) is 22.0 Å². The molecule has 2 N–H and O–H groups in total. The summed E-state index contributed by atoms with van der Waals surface area (Å²) in [6, 6.07) is 8.95. The molecule has 3 heterocycles. The van der Waals surface area contributed by atoms with E-state index in [0.717, 1.165) is 16.5 Å². The second kappa shape index (κ2) is 10.2. The van der Waals surface area contributed by atoms with Gasteiger partial charge in [0.2, 0.25) is 0 Å². The highest BCUT2D eigenvalue weighted by atomic mass is 32.2. The molecule has 1 aliphatic rings. The molecule has 38 heavy (non-hydrogen) atoms. The number of nitrogens with one attached hydrogen (secondary N) is 2. The Bertz CT molecular complexity index is 1530. The number of fused-ring (bicyclic) bond motifs is 1. The fourth-order valence-corrected chi connectivity index (χ4v) is 5.84. The van der Waals surface area contributed by atoms with Gasteiger partial charge < -0.3 is 10.2 Å². The van der Waals surface area contributed by atoms with E-state index >= 15 is 0 Å². The van der Waals surface area contributed by atoms with Crippen LogP contribution >= 0.6 is 0 Å². The molecule has 0 aliphatic carbocycles. The molecule has 1 unspecified atom stereocenters. The van der Waals surface area contributed by atoms with E-state index in [9.17, 15) is 22.2 Å². The predicted octanol–water partition coefficient (Wildman–Crippen LogP) is 4.44. The number of nitrogens with zero attached hydrogens (tertiary/aromatic N) is 4. The van der Waals surface area contributed by atoms with Crippen LogP contribution in [0.2, 0.25) is 0 Å². The van der Waals surface area contributed by atoms with E-state index in [-0.39, 0.29) is 29.7 Å². The van der Waals surface area contributed by atoms with Gasteiger partial charge in [-0.2, -0.15) is 13.2 Å². The second-order valence-corrected chi connectivity index (χ2v) is 12.1. The number of hydrogen-bond donors (Lipinski definition) is 2. The van der Waals surface area contributed by atoms with Crippen LogP contribution < -0.4 is 15.8 Å². The first-order valence-electron chi connectivity index (χ1n) is 12.3. The molecule has 2 aromatic heterocycles. The molecule has 1 saturated heterocycles. The van der Waals surface area contributed by atoms with Crippen LogP contribution in [0.15, 0.2) is 40.2 Å². The van der Waals surface area contributed by atoms with Crippen molar-refractivity contribution in [3.05, 3.63) is 57.5 Å². The molecule has 1 fully saturated rings. The lowest BCUT2D eigenvalue weighted by atomic mass is 9.97. The minimum Gasteiger partial charge on any atom is -0.376 e. The molecular formula is C26H33F3N6O2S. The third-order valence-electron chi connectivity index (χ3n) is 6.81. The van der Waals surface area contributed by atoms with Crippen molar-refractivity contribution in [2.75, 3.05) is 49.2 Å². The van der Waals surface area contributed by atoms with Crippen LogP contribution in [0.3, 0.4) is 0 Å². The Labute approximate surface area is 220 Å². The molecule has 1 aliphatic heterocycles. The van der Waals surface area contributed by atoms with Crippen LogP contribution in [-0.4, -0.2) is 63.8 Å². The minimum absolute atomic E-state index is 0.176. The monoisotopic (exact) mass is 550 g/mol. The molecule has 3 aromatic rings. The number of halogens is 3. The molecule has 1 aromatic carbocycles. The zero-order valence-electron chi connectivity index (χ0n) is 22.1. The van der Waals surface area contributed by atoms with Crippen molar-refractivity contribution in [3.8, 4) is 0 Å². The summed E-state index contributed by atoms with van der Waals surface area (Å²) in [5, 5.41) is 4.79. The van der Waals surface area contributed by atoms with E-state index < -0.39 is 22.5 Å². The average Bonchev–Trinajstić information content (AvgIpc) is 2.81. The lowest BCUT2D eigenvalue weighted by Crippen LogP contribution is -2.50. The van der Waals surface area contributed by atoms with Crippen LogP contribution in [-0.2, 0) is 16.8 Å². The van der Waals surface area contributed by atoms with Crippen molar-refractivity contribution in [2.24, 2.45) is 7.05 Å². The Hall–Kier alpha value is -3.12. The normalized spacial score (nSPS) is 17.4. The summed E-state index contributed by atoms with van der Waals surface area (Å²) in [4.78, 5) is 21.1. The van der Waals surface area contributed by atoms with Crippen LogP contribution in [0.4, 0.5) is 24.7 Å². The maximum absolute atomic E-state index is 13.4. The van der Waals surface area contributed by atoms with Gasteiger partial charge in [-0.1, -0.05) is 6.07 Å². The summed E-state index contributed by atoms with van der Waals surface area (Å²) in [7, 11) is -1.41. The molecule has 8 nitrogen and oxygen atoms in total. The van der Waals surface area contributed by atoms with Crippen LogP contribution in [0.1, 0.15) is 29.8 Å². The van der Waals surface area contributed by atoms with Gasteiger partial charge in [-0.15, -0.1) is 0 Å². The van der Waals surface area contributed by atoms with E-state index in [1.807, 2.05) is 36.9 Å². The van der Waals surface area contributed by atoms with E-state index in [2.05, 4.69) is 10.3 Å². The summed E-state index contributed by atoms with van der Waals surface area (Å²) in [5.41, 5.74) is 2.70. The van der Waals surface area contributed by atoms with Crippen LogP contribution in [0.5, 0.6) is 0 Å². The summed E-state index contributed by atoms with van der Waals surface area (Å²) < 4.78 is 60.7. The maximum atomic E-state index is 13.4. The number of piperazine rings is 1. The summed E-state index contributed by atoms with van der Waals surface area (Å²) in [5.74, 6) is 0.645. The van der Waals surface area contributed by atoms with E-state index in [4.69, 9.17) is 4.78 Å². The molecule has 0 amide bonds. The zero-order valence-corrected chi connectivity index (χ0v) is 23.0. The Balaban J connectivity index is 1.73. The number of rotatable bonds is 6. The van der Waals surface area contributed by atoms with Crippen molar-refractivity contribution >= 4 is 32.0 Å². The van der Waals surface area contributed by atoms with Crippen molar-refractivity contribution in [1.29, 1.82) is 4.78 Å². The summed E-state index contributed by atoms with van der Waals surface area (Å²) >= 11 is 0. The molecule has 0 bridgehead atoms. The smallest absolute Gasteiger partial charge is 0.376 e. The third-order valence-corrected chi connectivity index (χ3v) is 7.86. The lowest BCUT2D eigenvalue weighted by Gasteiger charge is -2.37. The van der Waals surface area contributed by atoms with E-state index in [1.54, 1.807) is 30.7 Å². The molecule has 12 heteroatoms. The molecule has 0 spiro atoms. The maximum Gasteiger partial charge on any atom is 0.401 e. The standard InChI is InChI=1S/C26H33F3N6O2S/c1-16-12-19(18(3)32-22-7-6-17(2)31-24(22)38(5,30)37)20-14-23(33(4)25(36)21(20)13-16)35-10-8-34(9-11-35)15-26(27,28)29/h6-7,12-14,18,30,32H,8-11,15H2,1-5H3/t18-,38?/m1/s1. The van der Waals surface area contributed by atoms with Gasteiger partial charge >= 0.3 is 6.18 Å². The van der Waals surface area contributed by atoms with Gasteiger partial charge in [0.25, 0.3) is 5.56 Å². The van der Waals surface area contributed by atoms with Crippen molar-refractivity contribution in [1.82, 2.24) is 14.5 Å². The van der Waals surface area contributed by atoms with Crippen molar-refractivity contribution < 1.29 is 17.4 Å². The predicted molar refractivity (Wildman–Crippen MR) is 145 cm³/mol. The molecule has 0 radical (unpaired) electrons. The van der Waals surface area contributed by atoms with E-state index in [1.165, 1.54) is 11.2 Å². The van der Waals surface area contributed by atoms with Gasteiger partial charge in [-0.3, -0.25) is 14.3 Å². The first kappa shape index (κ1) is 27.9. The number of anilines is 2. The van der Waals surface area contributed by atoms with Gasteiger partial charge in [0.1, 0.15) is 5.82 Å². The highest BCUT2D eigenvalue weighted by Gasteiger charge is 2.32. The SMILES string of the molecule is Cc1cc([C@@H](C)Nc2ccc(C)nc2S(C)(=N)=O)c2cc(N3CCN(CC(F)(F)F)CC3)n(C)c(=O)c2c1. The fraction of sp³-hybridized carbons (Fsp3) is 0.462. The second-order valence-electron chi connectivity index (χ2n) is 10.1. The molecular weight excluding hydrogens is 517 g/mol. The Morgan fingerprint density at radius 2 is 1.76 bits per heavy atom. The Kier molecular flexibility index (Phi) is 7.50. The first-order chi connectivity index (χ1) is 17.6. The van der Waals surface area contributed by atoms with Gasteiger partial charge in [-0.25, -0.2) is 14.0 Å². The minimum atomic E-state index is -4.24. The number of benzene rings is 1. The third kappa shape index (κ3) is 5.96. The molecule has 0 saturated carbocycles. The highest BCUT2D eigenvalue weighted by molar-refractivity contribution is 7.91. The van der Waals surface area contributed by atoms with Gasteiger partial charge in [0.15, 0.2) is 5.03 Å². The first-order valence-corrected chi connectivity index (χ1v) is 14.3. The van der Waals surface area contributed by atoms with E-state index in [0.29, 0.717) is 35.7 Å². The zero-order chi connectivity index (χ0) is 28.0. The number of pyridine rings is 2. The van der Waals surface area contributed by atoms with Crippen LogP contribution in [0.25, 0.3) is 10.8 Å². The number of alkyl halides is 3. The highest BCUT2D eigenvalue weighted by Crippen LogP contribution is 2.32. The lowest BCUT2D eigenvalue weighted by molar-refractivity contribution is -0.146. The molecule has 4 rings (SSSR count). The molecule has 2 atom stereocenters. The largest absolute Gasteiger partial charge is 0.401 e. The van der Waals surface area contributed by atoms with Crippen molar-refractivity contribution in [2.45, 2.75) is 38.0 Å². The Morgan fingerprint density at radius 3 is 2.37 bits per heavy atom. The average molecular weight is 551 g/mol. The van der Waals surface area contributed by atoms with Crippen LogP contribution in [0, 0.1) is 18.6 Å². The summed E-state index contributed by atoms with van der Waals surface area (Å²) in [6.07, 6.45) is -2.91. The quantitative estimate of drug-likeness (QED) is 0.471. The fourth-order valence-electron chi connectivity index (χ4n) is 4.98. The van der Waals surface area contributed by atoms with Gasteiger partial charge in [-0.05, 0) is 61.5 Å².